The van der Waals surface area contributed by atoms with Crippen LogP contribution < -0.4 is 4.18 Å². The highest BCUT2D eigenvalue weighted by Gasteiger charge is 2.32. The average Bonchev–Trinajstić information content (AvgIpc) is 2.81. The maximum atomic E-state index is 14.1. The van der Waals surface area contributed by atoms with Crippen LogP contribution in [-0.2, 0) is 27.6 Å². The third-order valence-corrected chi connectivity index (χ3v) is 6.13. The lowest BCUT2D eigenvalue weighted by molar-refractivity contribution is -0.137. The van der Waals surface area contributed by atoms with Gasteiger partial charge in [-0.15, -0.1) is 0 Å². The lowest BCUT2D eigenvalue weighted by atomic mass is 10.1. The normalized spacial score (nSPS) is 11.8. The van der Waals surface area contributed by atoms with E-state index in [0.29, 0.717) is 11.6 Å². The van der Waals surface area contributed by atoms with Gasteiger partial charge in [0.1, 0.15) is 16.5 Å². The minimum absolute atomic E-state index is 0.0304. The van der Waals surface area contributed by atoms with E-state index in [1.54, 1.807) is 6.07 Å². The number of amides is 1. The van der Waals surface area contributed by atoms with Crippen LogP contribution in [0.5, 0.6) is 5.75 Å². The Hall–Kier alpha value is -3.44. The molecule has 0 spiro atoms. The average molecular weight is 511 g/mol. The summed E-state index contributed by atoms with van der Waals surface area (Å²) in [5.74, 6) is -1.45. The monoisotopic (exact) mass is 511 g/mol. The number of alkyl halides is 3. The SMILES string of the molecule is COCCN(Cc1cccc(OS(=O)(=O)c2cccc(C(F)(F)F)c2)c1)C(=O)c1ccccc1F. The maximum Gasteiger partial charge on any atom is 0.416 e. The summed E-state index contributed by atoms with van der Waals surface area (Å²) < 4.78 is 88.2. The van der Waals surface area contributed by atoms with E-state index >= 15 is 0 Å². The second-order valence-corrected chi connectivity index (χ2v) is 8.96. The van der Waals surface area contributed by atoms with Crippen LogP contribution in [0.25, 0.3) is 0 Å². The van der Waals surface area contributed by atoms with Crippen LogP contribution in [0.1, 0.15) is 21.5 Å². The van der Waals surface area contributed by atoms with Gasteiger partial charge in [-0.05, 0) is 48.0 Å². The zero-order chi connectivity index (χ0) is 25.6. The third kappa shape index (κ3) is 6.80. The van der Waals surface area contributed by atoms with Crippen molar-refractivity contribution in [3.8, 4) is 5.75 Å². The van der Waals surface area contributed by atoms with Crippen LogP contribution in [-0.4, -0.2) is 39.5 Å². The Morgan fingerprint density at radius 2 is 1.69 bits per heavy atom. The van der Waals surface area contributed by atoms with Gasteiger partial charge in [-0.3, -0.25) is 4.79 Å². The highest BCUT2D eigenvalue weighted by molar-refractivity contribution is 7.87. The molecule has 3 aromatic carbocycles. The van der Waals surface area contributed by atoms with Crippen LogP contribution in [0, 0.1) is 5.82 Å². The molecular weight excluding hydrogens is 490 g/mol. The molecule has 0 saturated heterocycles. The van der Waals surface area contributed by atoms with Gasteiger partial charge in [0.15, 0.2) is 0 Å². The summed E-state index contributed by atoms with van der Waals surface area (Å²) in [6.07, 6.45) is -4.72. The van der Waals surface area contributed by atoms with Crippen molar-refractivity contribution >= 4 is 16.0 Å². The first-order valence-electron chi connectivity index (χ1n) is 10.2. The Morgan fingerprint density at radius 1 is 0.971 bits per heavy atom. The van der Waals surface area contributed by atoms with Gasteiger partial charge >= 0.3 is 16.3 Å². The predicted molar refractivity (Wildman–Crippen MR) is 119 cm³/mol. The summed E-state index contributed by atoms with van der Waals surface area (Å²) in [4.78, 5) is 13.6. The number of hydrogen-bond donors (Lipinski definition) is 0. The van der Waals surface area contributed by atoms with Crippen molar-refractivity contribution in [3.05, 3.63) is 95.3 Å². The highest BCUT2D eigenvalue weighted by atomic mass is 32.2. The molecule has 0 saturated carbocycles. The quantitative estimate of drug-likeness (QED) is 0.302. The molecule has 0 aliphatic rings. The Balaban J connectivity index is 1.83. The maximum absolute atomic E-state index is 14.1. The zero-order valence-electron chi connectivity index (χ0n) is 18.5. The van der Waals surface area contributed by atoms with Crippen molar-refractivity contribution in [2.24, 2.45) is 0 Å². The topological polar surface area (TPSA) is 72.9 Å². The number of halogens is 4. The molecule has 11 heteroatoms. The lowest BCUT2D eigenvalue weighted by Crippen LogP contribution is -2.34. The number of nitrogens with zero attached hydrogens (tertiary/aromatic N) is 1. The van der Waals surface area contributed by atoms with E-state index in [4.69, 9.17) is 8.92 Å². The van der Waals surface area contributed by atoms with Crippen LogP contribution in [0.2, 0.25) is 0 Å². The van der Waals surface area contributed by atoms with Gasteiger partial charge in [-0.1, -0.05) is 30.3 Å². The van der Waals surface area contributed by atoms with E-state index in [-0.39, 0.29) is 31.0 Å². The largest absolute Gasteiger partial charge is 0.416 e. The molecule has 0 unspecified atom stereocenters. The molecule has 0 atom stereocenters. The van der Waals surface area contributed by atoms with Crippen molar-refractivity contribution in [1.29, 1.82) is 0 Å². The first kappa shape index (κ1) is 26.2. The fourth-order valence-corrected chi connectivity index (χ4v) is 4.15. The van der Waals surface area contributed by atoms with E-state index in [9.17, 15) is 30.8 Å². The third-order valence-electron chi connectivity index (χ3n) is 4.88. The number of hydrogen-bond acceptors (Lipinski definition) is 5. The lowest BCUT2D eigenvalue weighted by Gasteiger charge is -2.23. The second-order valence-electron chi connectivity index (χ2n) is 7.41. The minimum Gasteiger partial charge on any atom is -0.383 e. The number of ether oxygens (including phenoxy) is 1. The summed E-state index contributed by atoms with van der Waals surface area (Å²) in [5.41, 5.74) is -0.818. The van der Waals surface area contributed by atoms with E-state index < -0.39 is 38.5 Å². The number of benzene rings is 3. The molecule has 0 bridgehead atoms. The Labute approximate surface area is 199 Å². The van der Waals surface area contributed by atoms with Crippen LogP contribution in [0.4, 0.5) is 17.6 Å². The van der Waals surface area contributed by atoms with Gasteiger partial charge in [0.2, 0.25) is 0 Å². The summed E-state index contributed by atoms with van der Waals surface area (Å²) in [6, 6.07) is 14.4. The van der Waals surface area contributed by atoms with Gasteiger partial charge < -0.3 is 13.8 Å². The molecule has 3 aromatic rings. The number of methoxy groups -OCH3 is 1. The van der Waals surface area contributed by atoms with Crippen LogP contribution in [0.15, 0.2) is 77.7 Å². The van der Waals surface area contributed by atoms with E-state index in [0.717, 1.165) is 24.3 Å². The van der Waals surface area contributed by atoms with Crippen molar-refractivity contribution < 1.29 is 39.7 Å². The van der Waals surface area contributed by atoms with Gasteiger partial charge in [0, 0.05) is 20.2 Å². The Morgan fingerprint density at radius 3 is 2.37 bits per heavy atom. The first-order chi connectivity index (χ1) is 16.5. The highest BCUT2D eigenvalue weighted by Crippen LogP contribution is 2.31. The standard InChI is InChI=1S/C24H21F4NO5S/c1-33-13-12-29(23(30)21-10-2-3-11-22(21)25)16-17-6-4-8-19(14-17)34-35(31,32)20-9-5-7-18(15-20)24(26,27)28/h2-11,14-15H,12-13,16H2,1H3. The van der Waals surface area contributed by atoms with Gasteiger partial charge in [-0.2, -0.15) is 21.6 Å². The fraction of sp³-hybridized carbons (Fsp3) is 0.208. The van der Waals surface area contributed by atoms with Gasteiger partial charge in [-0.25, -0.2) is 4.39 Å². The molecule has 0 aromatic heterocycles. The number of carbonyl (C=O) groups excluding carboxylic acids is 1. The molecule has 0 heterocycles. The number of rotatable bonds is 9. The van der Waals surface area contributed by atoms with Crippen molar-refractivity contribution in [2.45, 2.75) is 17.6 Å². The summed E-state index contributed by atoms with van der Waals surface area (Å²) in [7, 11) is -3.13. The predicted octanol–water partition coefficient (Wildman–Crippen LogP) is 4.90. The second kappa shape index (κ2) is 10.9. The Bertz CT molecular complexity index is 1290. The van der Waals surface area contributed by atoms with E-state index in [1.165, 1.54) is 48.4 Å². The molecule has 0 N–H and O–H groups in total. The van der Waals surface area contributed by atoms with E-state index in [1.807, 2.05) is 0 Å². The van der Waals surface area contributed by atoms with Crippen molar-refractivity contribution in [3.63, 3.8) is 0 Å². The molecule has 0 aliphatic heterocycles. The molecular formula is C24H21F4NO5S. The van der Waals surface area contributed by atoms with Gasteiger partial charge in [0.25, 0.3) is 5.91 Å². The summed E-state index contributed by atoms with van der Waals surface area (Å²) >= 11 is 0. The van der Waals surface area contributed by atoms with Crippen LogP contribution >= 0.6 is 0 Å². The van der Waals surface area contributed by atoms with Crippen LogP contribution in [0.3, 0.4) is 0 Å². The summed E-state index contributed by atoms with van der Waals surface area (Å²) in [6.45, 7) is 0.259. The first-order valence-corrected chi connectivity index (χ1v) is 11.7. The fourth-order valence-electron chi connectivity index (χ4n) is 3.18. The number of carbonyl (C=O) groups is 1. The molecule has 1 amide bonds. The molecule has 3 rings (SSSR count). The molecule has 0 radical (unpaired) electrons. The smallest absolute Gasteiger partial charge is 0.383 e. The Kier molecular flexibility index (Phi) is 8.13. The minimum atomic E-state index is -4.72. The molecule has 186 valence electrons. The van der Waals surface area contributed by atoms with E-state index in [2.05, 4.69) is 0 Å². The van der Waals surface area contributed by atoms with Gasteiger partial charge in [0.05, 0.1) is 17.7 Å². The van der Waals surface area contributed by atoms with Crippen molar-refractivity contribution in [1.82, 2.24) is 4.90 Å². The molecule has 6 nitrogen and oxygen atoms in total. The van der Waals surface area contributed by atoms with Crippen molar-refractivity contribution in [2.75, 3.05) is 20.3 Å². The summed E-state index contributed by atoms with van der Waals surface area (Å²) in [5, 5.41) is 0. The molecule has 0 aliphatic carbocycles. The molecule has 35 heavy (non-hydrogen) atoms. The molecule has 0 fully saturated rings. The zero-order valence-corrected chi connectivity index (χ0v) is 19.3.